The largest absolute Gasteiger partial charge is 0.294 e. The van der Waals surface area contributed by atoms with Crippen molar-refractivity contribution in [2.45, 2.75) is 0 Å². The van der Waals surface area contributed by atoms with E-state index in [4.69, 9.17) is 5.41 Å². The van der Waals surface area contributed by atoms with Crippen LogP contribution in [-0.4, -0.2) is 28.8 Å². The highest BCUT2D eigenvalue weighted by molar-refractivity contribution is 14.0. The average Bonchev–Trinajstić information content (AvgIpc) is 1.98. The van der Waals surface area contributed by atoms with Gasteiger partial charge in [-0.15, -0.1) is 24.0 Å². The summed E-state index contributed by atoms with van der Waals surface area (Å²) in [6.07, 6.45) is 0. The number of hydrogen-bond acceptors (Lipinski definition) is 3. The lowest BCUT2D eigenvalue weighted by atomic mass is 10.6. The van der Waals surface area contributed by atoms with Gasteiger partial charge in [-0.25, -0.2) is 0 Å². The lowest BCUT2D eigenvalue weighted by molar-refractivity contribution is -0.123. The molecule has 0 spiro atoms. The van der Waals surface area contributed by atoms with Gasteiger partial charge >= 0.3 is 0 Å². The number of rotatable bonds is 0. The summed E-state index contributed by atoms with van der Waals surface area (Å²) in [5, 5.41) is 7.41. The average molecular weight is 258 g/mol. The van der Waals surface area contributed by atoms with E-state index in [1.54, 1.807) is 7.05 Å². The first-order valence-electron chi connectivity index (χ1n) is 2.19. The van der Waals surface area contributed by atoms with E-state index < -0.39 is 0 Å². The van der Waals surface area contributed by atoms with Gasteiger partial charge in [0.1, 0.15) is 0 Å². The van der Waals surface area contributed by atoms with Gasteiger partial charge in [0.2, 0.25) is 5.91 Å². The number of nitrogens with zero attached hydrogens (tertiary/aromatic N) is 1. The molecule has 0 radical (unpaired) electrons. The molecule has 1 amide bonds. The van der Waals surface area contributed by atoms with E-state index in [1.807, 2.05) is 0 Å². The highest BCUT2D eigenvalue weighted by Crippen LogP contribution is 2.14. The Bertz CT molecular complexity index is 134. The Balaban J connectivity index is 0.000000640. The van der Waals surface area contributed by atoms with Crippen molar-refractivity contribution < 1.29 is 4.79 Å². The van der Waals surface area contributed by atoms with Crippen LogP contribution in [0.5, 0.6) is 0 Å². The second-order valence-electron chi connectivity index (χ2n) is 1.55. The predicted molar refractivity (Wildman–Crippen MR) is 48.4 cm³/mol. The number of amides is 1. The normalized spacial score (nSPS) is 18.1. The van der Waals surface area contributed by atoms with Crippen molar-refractivity contribution in [1.29, 1.82) is 5.41 Å². The van der Waals surface area contributed by atoms with Gasteiger partial charge < -0.3 is 0 Å². The molecule has 0 saturated carbocycles. The summed E-state index contributed by atoms with van der Waals surface area (Å²) in [5.74, 6) is 0.468. The van der Waals surface area contributed by atoms with Crippen LogP contribution < -0.4 is 0 Å². The van der Waals surface area contributed by atoms with Crippen LogP contribution in [0, 0.1) is 5.41 Å². The van der Waals surface area contributed by atoms with Crippen molar-refractivity contribution in [2.75, 3.05) is 12.8 Å². The highest BCUT2D eigenvalue weighted by atomic mass is 127. The number of amidine groups is 1. The third kappa shape index (κ3) is 1.82. The molecule has 1 heterocycles. The summed E-state index contributed by atoms with van der Waals surface area (Å²) in [7, 11) is 1.62. The number of thioether (sulfide) groups is 1. The molecule has 1 fully saturated rings. The summed E-state index contributed by atoms with van der Waals surface area (Å²) in [5.41, 5.74) is 0. The molecule has 0 bridgehead atoms. The molecule has 0 aromatic carbocycles. The van der Waals surface area contributed by atoms with Crippen molar-refractivity contribution >= 4 is 46.8 Å². The van der Waals surface area contributed by atoms with Gasteiger partial charge in [-0.2, -0.15) is 0 Å². The van der Waals surface area contributed by atoms with E-state index in [0.29, 0.717) is 10.9 Å². The summed E-state index contributed by atoms with van der Waals surface area (Å²) < 4.78 is 0. The first-order chi connectivity index (χ1) is 3.72. The molecule has 1 rings (SSSR count). The molecule has 0 unspecified atom stereocenters. The summed E-state index contributed by atoms with van der Waals surface area (Å²) >= 11 is 1.27. The predicted octanol–water partition coefficient (Wildman–Crippen LogP) is 0.744. The number of halogens is 1. The number of carbonyl (C=O) groups is 1. The van der Waals surface area contributed by atoms with Crippen molar-refractivity contribution in [3.63, 3.8) is 0 Å². The molecular formula is C4H7IN2OS. The summed E-state index contributed by atoms with van der Waals surface area (Å²) in [4.78, 5) is 11.9. The smallest absolute Gasteiger partial charge is 0.238 e. The minimum Gasteiger partial charge on any atom is -0.294 e. The lowest BCUT2D eigenvalue weighted by Gasteiger charge is -2.03. The first-order valence-corrected chi connectivity index (χ1v) is 3.18. The first kappa shape index (κ1) is 9.22. The van der Waals surface area contributed by atoms with E-state index in [2.05, 4.69) is 0 Å². The highest BCUT2D eigenvalue weighted by Gasteiger charge is 2.21. The van der Waals surface area contributed by atoms with Crippen LogP contribution in [0.3, 0.4) is 0 Å². The van der Waals surface area contributed by atoms with E-state index in [1.165, 1.54) is 16.7 Å². The second-order valence-corrected chi connectivity index (χ2v) is 2.51. The van der Waals surface area contributed by atoms with Crippen LogP contribution in [0.1, 0.15) is 0 Å². The Morgan fingerprint density at radius 1 is 1.78 bits per heavy atom. The van der Waals surface area contributed by atoms with E-state index in [9.17, 15) is 4.79 Å². The Morgan fingerprint density at radius 3 is 2.44 bits per heavy atom. The molecule has 3 nitrogen and oxygen atoms in total. The summed E-state index contributed by atoms with van der Waals surface area (Å²) in [6, 6.07) is 0. The fourth-order valence-corrected chi connectivity index (χ4v) is 1.19. The fraction of sp³-hybridized carbons (Fsp3) is 0.500. The zero-order valence-corrected chi connectivity index (χ0v) is 8.03. The molecule has 1 aliphatic rings. The third-order valence-electron chi connectivity index (χ3n) is 1.01. The summed E-state index contributed by atoms with van der Waals surface area (Å²) in [6.45, 7) is 0. The van der Waals surface area contributed by atoms with E-state index >= 15 is 0 Å². The van der Waals surface area contributed by atoms with Crippen molar-refractivity contribution in [3.05, 3.63) is 0 Å². The minimum absolute atomic E-state index is 0. The molecule has 0 aliphatic carbocycles. The van der Waals surface area contributed by atoms with E-state index in [-0.39, 0.29) is 29.9 Å². The molecular weight excluding hydrogens is 251 g/mol. The molecule has 1 N–H and O–H groups in total. The molecule has 5 heteroatoms. The van der Waals surface area contributed by atoms with Gasteiger partial charge in [-0.3, -0.25) is 15.1 Å². The number of hydrogen-bond donors (Lipinski definition) is 1. The van der Waals surface area contributed by atoms with Gasteiger partial charge in [-0.1, -0.05) is 11.8 Å². The molecule has 52 valence electrons. The zero-order chi connectivity index (χ0) is 6.15. The third-order valence-corrected chi connectivity index (χ3v) is 1.95. The number of carbonyl (C=O) groups excluding carboxylic acids is 1. The second kappa shape index (κ2) is 3.40. The fourth-order valence-electron chi connectivity index (χ4n) is 0.437. The van der Waals surface area contributed by atoms with Crippen LogP contribution in [-0.2, 0) is 4.79 Å². The quantitative estimate of drug-likeness (QED) is 0.651. The molecule has 0 aromatic rings. The van der Waals surface area contributed by atoms with Gasteiger partial charge in [-0.05, 0) is 0 Å². The van der Waals surface area contributed by atoms with Gasteiger partial charge in [0.05, 0.1) is 5.75 Å². The maximum atomic E-state index is 10.5. The Hall–Kier alpha value is 0.220. The molecule has 0 atom stereocenters. The van der Waals surface area contributed by atoms with Crippen LogP contribution in [0.25, 0.3) is 0 Å². The lowest BCUT2D eigenvalue weighted by Crippen LogP contribution is -2.23. The van der Waals surface area contributed by atoms with Crippen LogP contribution in [0.2, 0.25) is 0 Å². The van der Waals surface area contributed by atoms with Gasteiger partial charge in [0, 0.05) is 7.05 Å². The Kier molecular flexibility index (Phi) is 3.49. The Labute approximate surface area is 74.7 Å². The van der Waals surface area contributed by atoms with Crippen molar-refractivity contribution in [1.82, 2.24) is 4.90 Å². The van der Waals surface area contributed by atoms with Crippen molar-refractivity contribution in [3.8, 4) is 0 Å². The van der Waals surface area contributed by atoms with E-state index in [0.717, 1.165) is 0 Å². The molecule has 9 heavy (non-hydrogen) atoms. The monoisotopic (exact) mass is 258 g/mol. The molecule has 1 aliphatic heterocycles. The SMILES string of the molecule is CN1C(=N)SCC1=O.I. The molecule has 1 saturated heterocycles. The van der Waals surface area contributed by atoms with Crippen LogP contribution >= 0.6 is 35.7 Å². The van der Waals surface area contributed by atoms with Gasteiger partial charge in [0.25, 0.3) is 0 Å². The number of nitrogens with one attached hydrogen (secondary N) is 1. The molecule has 0 aromatic heterocycles. The van der Waals surface area contributed by atoms with Crippen molar-refractivity contribution in [2.24, 2.45) is 0 Å². The Morgan fingerprint density at radius 2 is 2.33 bits per heavy atom. The van der Waals surface area contributed by atoms with Gasteiger partial charge in [0.15, 0.2) is 5.17 Å². The minimum atomic E-state index is 0. The maximum absolute atomic E-state index is 10.5. The maximum Gasteiger partial charge on any atom is 0.238 e. The topological polar surface area (TPSA) is 44.2 Å². The standard InChI is InChI=1S/C4H6N2OS.HI/c1-6-3(7)2-8-4(6)5;/h5H,2H2,1H3;1H. The van der Waals surface area contributed by atoms with Crippen LogP contribution in [0.15, 0.2) is 0 Å². The van der Waals surface area contributed by atoms with Crippen LogP contribution in [0.4, 0.5) is 0 Å². The zero-order valence-electron chi connectivity index (χ0n) is 4.88.